The maximum Gasteiger partial charge on any atom is 0.150 e. The first-order chi connectivity index (χ1) is 6.22. The molecular weight excluding hydrogens is 184 g/mol. The second kappa shape index (κ2) is 5.04. The summed E-state index contributed by atoms with van der Waals surface area (Å²) in [5, 5.41) is 9.04. The number of thioether (sulfide) groups is 1. The third-order valence-corrected chi connectivity index (χ3v) is 2.76. The van der Waals surface area contributed by atoms with Crippen LogP contribution in [-0.2, 0) is 0 Å². The molecule has 0 amide bonds. The van der Waals surface area contributed by atoms with Gasteiger partial charge in [-0.2, -0.15) is 0 Å². The van der Waals surface area contributed by atoms with Crippen LogP contribution < -0.4 is 0 Å². The highest BCUT2D eigenvalue weighted by molar-refractivity contribution is 7.99. The predicted molar refractivity (Wildman–Crippen MR) is 54.2 cm³/mol. The minimum Gasteiger partial charge on any atom is -0.393 e. The van der Waals surface area contributed by atoms with Crippen molar-refractivity contribution in [3.63, 3.8) is 0 Å². The minimum atomic E-state index is -0.296. The first-order valence-corrected chi connectivity index (χ1v) is 5.07. The SMILES string of the molecule is CC(O)CSc1ccc(C=O)cc1. The molecule has 3 heteroatoms. The van der Waals surface area contributed by atoms with E-state index >= 15 is 0 Å². The highest BCUT2D eigenvalue weighted by Gasteiger charge is 1.98. The second-order valence-corrected chi connectivity index (χ2v) is 3.94. The van der Waals surface area contributed by atoms with Gasteiger partial charge in [0.05, 0.1) is 6.10 Å². The average Bonchev–Trinajstić information content (AvgIpc) is 2.15. The smallest absolute Gasteiger partial charge is 0.150 e. The lowest BCUT2D eigenvalue weighted by atomic mass is 10.2. The minimum absolute atomic E-state index is 0.296. The number of aliphatic hydroxyl groups is 1. The van der Waals surface area contributed by atoms with Crippen molar-refractivity contribution in [2.24, 2.45) is 0 Å². The van der Waals surface area contributed by atoms with Gasteiger partial charge in [-0.3, -0.25) is 4.79 Å². The molecular formula is C10H12O2S. The van der Waals surface area contributed by atoms with E-state index in [0.717, 1.165) is 11.2 Å². The zero-order valence-electron chi connectivity index (χ0n) is 7.43. The summed E-state index contributed by atoms with van der Waals surface area (Å²) in [6.07, 6.45) is 0.527. The molecule has 0 aliphatic carbocycles. The Morgan fingerprint density at radius 2 is 2.08 bits per heavy atom. The van der Waals surface area contributed by atoms with Gasteiger partial charge >= 0.3 is 0 Å². The van der Waals surface area contributed by atoms with Crippen molar-refractivity contribution in [2.75, 3.05) is 5.75 Å². The van der Waals surface area contributed by atoms with Gasteiger partial charge in [0.15, 0.2) is 0 Å². The Hall–Kier alpha value is -0.800. The van der Waals surface area contributed by atoms with Crippen molar-refractivity contribution in [3.05, 3.63) is 29.8 Å². The van der Waals surface area contributed by atoms with Gasteiger partial charge in [0.1, 0.15) is 6.29 Å². The molecule has 0 aliphatic rings. The van der Waals surface area contributed by atoms with Crippen molar-refractivity contribution in [3.8, 4) is 0 Å². The molecule has 13 heavy (non-hydrogen) atoms. The van der Waals surface area contributed by atoms with Crippen LogP contribution >= 0.6 is 11.8 Å². The van der Waals surface area contributed by atoms with Crippen LogP contribution in [0.25, 0.3) is 0 Å². The molecule has 2 nitrogen and oxygen atoms in total. The van der Waals surface area contributed by atoms with Gasteiger partial charge in [0, 0.05) is 16.2 Å². The molecule has 0 aromatic heterocycles. The molecule has 0 heterocycles. The molecule has 1 rings (SSSR count). The Kier molecular flexibility index (Phi) is 3.99. The molecule has 70 valence electrons. The maximum atomic E-state index is 10.3. The summed E-state index contributed by atoms with van der Waals surface area (Å²) in [5.74, 6) is 0.681. The van der Waals surface area contributed by atoms with Crippen molar-refractivity contribution in [2.45, 2.75) is 17.9 Å². The lowest BCUT2D eigenvalue weighted by Gasteiger charge is -2.03. The first kappa shape index (κ1) is 10.3. The fraction of sp³-hybridized carbons (Fsp3) is 0.300. The summed E-state index contributed by atoms with van der Waals surface area (Å²) in [4.78, 5) is 11.4. The monoisotopic (exact) mass is 196 g/mol. The van der Waals surface area contributed by atoms with Crippen molar-refractivity contribution in [1.29, 1.82) is 0 Å². The first-order valence-electron chi connectivity index (χ1n) is 4.08. The maximum absolute atomic E-state index is 10.3. The molecule has 0 saturated heterocycles. The summed E-state index contributed by atoms with van der Waals surface area (Å²) in [7, 11) is 0. The topological polar surface area (TPSA) is 37.3 Å². The number of hydrogen-bond acceptors (Lipinski definition) is 3. The van der Waals surface area contributed by atoms with Gasteiger partial charge in [0.2, 0.25) is 0 Å². The van der Waals surface area contributed by atoms with E-state index in [-0.39, 0.29) is 6.10 Å². The van der Waals surface area contributed by atoms with Crippen molar-refractivity contribution in [1.82, 2.24) is 0 Å². The van der Waals surface area contributed by atoms with Crippen LogP contribution in [0.1, 0.15) is 17.3 Å². The summed E-state index contributed by atoms with van der Waals surface area (Å²) >= 11 is 1.58. The molecule has 1 aromatic rings. The number of carbonyl (C=O) groups excluding carboxylic acids is 1. The van der Waals surface area contributed by atoms with E-state index in [1.165, 1.54) is 0 Å². The third-order valence-electron chi connectivity index (χ3n) is 1.51. The van der Waals surface area contributed by atoms with Crippen LogP contribution in [0.2, 0.25) is 0 Å². The molecule has 1 N–H and O–H groups in total. The van der Waals surface area contributed by atoms with E-state index in [0.29, 0.717) is 11.3 Å². The van der Waals surface area contributed by atoms with Gasteiger partial charge in [-0.1, -0.05) is 12.1 Å². The lowest BCUT2D eigenvalue weighted by molar-refractivity contribution is 0.112. The summed E-state index contributed by atoms with van der Waals surface area (Å²) in [5.41, 5.74) is 0.682. The molecule has 0 aliphatic heterocycles. The standard InChI is InChI=1S/C10H12O2S/c1-8(12)7-13-10-4-2-9(6-11)3-5-10/h2-6,8,12H,7H2,1H3. The van der Waals surface area contributed by atoms with Gasteiger partial charge in [0.25, 0.3) is 0 Å². The van der Waals surface area contributed by atoms with Gasteiger partial charge in [-0.25, -0.2) is 0 Å². The fourth-order valence-corrected chi connectivity index (χ4v) is 1.62. The van der Waals surface area contributed by atoms with E-state index in [9.17, 15) is 4.79 Å². The second-order valence-electron chi connectivity index (χ2n) is 2.85. The van der Waals surface area contributed by atoms with E-state index in [1.54, 1.807) is 30.8 Å². The normalized spacial score (nSPS) is 12.5. The lowest BCUT2D eigenvalue weighted by Crippen LogP contribution is -2.02. The van der Waals surface area contributed by atoms with Crippen LogP contribution in [0.15, 0.2) is 29.2 Å². The summed E-state index contributed by atoms with van der Waals surface area (Å²) < 4.78 is 0. The number of aliphatic hydroxyl groups excluding tert-OH is 1. The zero-order valence-corrected chi connectivity index (χ0v) is 8.25. The molecule has 0 fully saturated rings. The molecule has 0 radical (unpaired) electrons. The summed E-state index contributed by atoms with van der Waals surface area (Å²) in [6, 6.07) is 7.32. The largest absolute Gasteiger partial charge is 0.393 e. The van der Waals surface area contributed by atoms with E-state index in [2.05, 4.69) is 0 Å². The number of benzene rings is 1. The average molecular weight is 196 g/mol. The Morgan fingerprint density at radius 1 is 1.46 bits per heavy atom. The fourth-order valence-electron chi connectivity index (χ4n) is 0.859. The predicted octanol–water partition coefficient (Wildman–Crippen LogP) is 1.97. The quantitative estimate of drug-likeness (QED) is 0.591. The summed E-state index contributed by atoms with van der Waals surface area (Å²) in [6.45, 7) is 1.76. The van der Waals surface area contributed by atoms with Crippen LogP contribution in [0, 0.1) is 0 Å². The Balaban J connectivity index is 2.54. The number of rotatable bonds is 4. The third kappa shape index (κ3) is 3.61. The number of carbonyl (C=O) groups is 1. The van der Waals surface area contributed by atoms with Gasteiger partial charge in [-0.15, -0.1) is 11.8 Å². The number of aldehydes is 1. The van der Waals surface area contributed by atoms with Crippen LogP contribution in [0.3, 0.4) is 0 Å². The van der Waals surface area contributed by atoms with Gasteiger partial charge < -0.3 is 5.11 Å². The van der Waals surface area contributed by atoms with Crippen molar-refractivity contribution < 1.29 is 9.90 Å². The molecule has 0 spiro atoms. The van der Waals surface area contributed by atoms with Crippen LogP contribution in [-0.4, -0.2) is 23.2 Å². The Morgan fingerprint density at radius 3 is 2.54 bits per heavy atom. The van der Waals surface area contributed by atoms with E-state index in [1.807, 2.05) is 12.1 Å². The molecule has 0 bridgehead atoms. The van der Waals surface area contributed by atoms with Gasteiger partial charge in [-0.05, 0) is 19.1 Å². The van der Waals surface area contributed by atoms with E-state index in [4.69, 9.17) is 5.11 Å². The van der Waals surface area contributed by atoms with Crippen LogP contribution in [0.4, 0.5) is 0 Å². The molecule has 1 unspecified atom stereocenters. The van der Waals surface area contributed by atoms with Crippen molar-refractivity contribution >= 4 is 18.0 Å². The molecule has 1 aromatic carbocycles. The van der Waals surface area contributed by atoms with Crippen LogP contribution in [0.5, 0.6) is 0 Å². The highest BCUT2D eigenvalue weighted by Crippen LogP contribution is 2.18. The highest BCUT2D eigenvalue weighted by atomic mass is 32.2. The Bertz CT molecular complexity index is 267. The molecule has 1 atom stereocenters. The Labute approximate surface area is 82.0 Å². The number of hydrogen-bond donors (Lipinski definition) is 1. The van der Waals surface area contributed by atoms with E-state index < -0.39 is 0 Å². The zero-order chi connectivity index (χ0) is 9.68. The molecule has 0 saturated carbocycles.